The van der Waals surface area contributed by atoms with Crippen molar-refractivity contribution in [3.8, 4) is 0 Å². The third kappa shape index (κ3) is 3.14. The molecule has 0 aliphatic rings. The summed E-state index contributed by atoms with van der Waals surface area (Å²) in [6.07, 6.45) is 1.65. The zero-order valence-electron chi connectivity index (χ0n) is 9.27. The molecule has 0 N–H and O–H groups in total. The molecule has 0 amide bonds. The molecule has 0 radical (unpaired) electrons. The number of hydrogen-bond donors (Lipinski definition) is 0. The Hall–Kier alpha value is -1.19. The minimum absolute atomic E-state index is 0.0227. The van der Waals surface area contributed by atoms with Gasteiger partial charge in [0.05, 0.1) is 17.0 Å². The maximum absolute atomic E-state index is 11.2. The number of carbonyl (C=O) groups is 1. The van der Waals surface area contributed by atoms with E-state index in [2.05, 4.69) is 0 Å². The van der Waals surface area contributed by atoms with Crippen LogP contribution in [0.4, 0.5) is 0 Å². The Labute approximate surface area is 109 Å². The Morgan fingerprint density at radius 2 is 2.24 bits per heavy atom. The maximum atomic E-state index is 11.2. The fraction of sp³-hybridized carbons (Fsp3) is 0.154. The van der Waals surface area contributed by atoms with E-state index in [1.165, 1.54) is 6.92 Å². The summed E-state index contributed by atoms with van der Waals surface area (Å²) in [5.74, 6) is 1.66. The summed E-state index contributed by atoms with van der Waals surface area (Å²) in [6, 6.07) is 9.14. The summed E-state index contributed by atoms with van der Waals surface area (Å²) in [4.78, 5) is 12.1. The van der Waals surface area contributed by atoms with Crippen molar-refractivity contribution in [3.05, 3.63) is 52.9 Å². The van der Waals surface area contributed by atoms with Crippen LogP contribution in [0.1, 0.15) is 23.0 Å². The number of carbonyl (C=O) groups excluding carboxylic acids is 1. The number of ketones is 1. The van der Waals surface area contributed by atoms with Gasteiger partial charge < -0.3 is 4.42 Å². The molecule has 1 aromatic heterocycles. The average molecular weight is 267 g/mol. The highest BCUT2D eigenvalue weighted by atomic mass is 35.5. The van der Waals surface area contributed by atoms with Gasteiger partial charge in [-0.25, -0.2) is 0 Å². The lowest BCUT2D eigenvalue weighted by molar-refractivity contribution is 0.101. The van der Waals surface area contributed by atoms with Crippen molar-refractivity contribution >= 4 is 29.1 Å². The van der Waals surface area contributed by atoms with Gasteiger partial charge in [0.2, 0.25) is 0 Å². The average Bonchev–Trinajstić information content (AvgIpc) is 2.80. The molecule has 2 nitrogen and oxygen atoms in total. The maximum Gasteiger partial charge on any atom is 0.159 e. The van der Waals surface area contributed by atoms with E-state index in [1.54, 1.807) is 30.2 Å². The first-order valence-corrected chi connectivity index (χ1v) is 6.49. The number of rotatable bonds is 4. The lowest BCUT2D eigenvalue weighted by Gasteiger charge is -2.04. The lowest BCUT2D eigenvalue weighted by atomic mass is 10.1. The van der Waals surface area contributed by atoms with Gasteiger partial charge in [0.25, 0.3) is 0 Å². The summed E-state index contributed by atoms with van der Waals surface area (Å²) in [7, 11) is 0. The summed E-state index contributed by atoms with van der Waals surface area (Å²) >= 11 is 7.70. The second-order valence-electron chi connectivity index (χ2n) is 3.57. The van der Waals surface area contributed by atoms with Gasteiger partial charge in [-0.1, -0.05) is 17.7 Å². The zero-order chi connectivity index (χ0) is 12.3. The molecule has 1 heterocycles. The Morgan fingerprint density at radius 1 is 1.41 bits per heavy atom. The number of hydrogen-bond acceptors (Lipinski definition) is 3. The molecule has 0 spiro atoms. The zero-order valence-corrected chi connectivity index (χ0v) is 10.8. The van der Waals surface area contributed by atoms with Gasteiger partial charge in [-0.05, 0) is 31.2 Å². The van der Waals surface area contributed by atoms with Crippen LogP contribution in [0.3, 0.4) is 0 Å². The van der Waals surface area contributed by atoms with E-state index in [4.69, 9.17) is 16.0 Å². The highest BCUT2D eigenvalue weighted by Gasteiger charge is 2.06. The van der Waals surface area contributed by atoms with Crippen LogP contribution < -0.4 is 0 Å². The van der Waals surface area contributed by atoms with E-state index in [0.717, 1.165) is 16.4 Å². The second-order valence-corrected chi connectivity index (χ2v) is 4.99. The van der Waals surface area contributed by atoms with Crippen LogP contribution in [0.25, 0.3) is 0 Å². The van der Waals surface area contributed by atoms with Crippen molar-refractivity contribution in [3.63, 3.8) is 0 Å². The van der Waals surface area contributed by atoms with Crippen LogP contribution in [0, 0.1) is 0 Å². The minimum atomic E-state index is 0.0227. The lowest BCUT2D eigenvalue weighted by Crippen LogP contribution is -1.91. The number of furan rings is 1. The molecule has 88 valence electrons. The molecule has 0 saturated heterocycles. The summed E-state index contributed by atoms with van der Waals surface area (Å²) in [6.45, 7) is 1.53. The number of Topliss-reactive ketones (excluding diaryl/α,β-unsaturated/α-hetero) is 1. The number of thioether (sulfide) groups is 1. The normalized spacial score (nSPS) is 10.5. The van der Waals surface area contributed by atoms with Crippen LogP contribution in [0.15, 0.2) is 45.9 Å². The topological polar surface area (TPSA) is 30.2 Å². The summed E-state index contributed by atoms with van der Waals surface area (Å²) < 4.78 is 5.24. The van der Waals surface area contributed by atoms with Gasteiger partial charge >= 0.3 is 0 Å². The van der Waals surface area contributed by atoms with Crippen molar-refractivity contribution in [2.45, 2.75) is 17.6 Å². The first-order chi connectivity index (χ1) is 8.16. The molecule has 4 heteroatoms. The minimum Gasteiger partial charge on any atom is -0.468 e. The summed E-state index contributed by atoms with van der Waals surface area (Å²) in [5.41, 5.74) is 0.636. The van der Waals surface area contributed by atoms with Crippen LogP contribution >= 0.6 is 23.4 Å². The van der Waals surface area contributed by atoms with Crippen molar-refractivity contribution in [1.29, 1.82) is 0 Å². The van der Waals surface area contributed by atoms with E-state index < -0.39 is 0 Å². The van der Waals surface area contributed by atoms with Gasteiger partial charge in [-0.2, -0.15) is 0 Å². The van der Waals surface area contributed by atoms with Gasteiger partial charge in [0, 0.05) is 10.5 Å². The van der Waals surface area contributed by atoms with Crippen molar-refractivity contribution in [2.24, 2.45) is 0 Å². The van der Waals surface area contributed by atoms with Crippen molar-refractivity contribution < 1.29 is 9.21 Å². The fourth-order valence-electron chi connectivity index (χ4n) is 1.38. The Morgan fingerprint density at radius 3 is 2.82 bits per heavy atom. The van der Waals surface area contributed by atoms with Crippen molar-refractivity contribution in [1.82, 2.24) is 0 Å². The van der Waals surface area contributed by atoms with Crippen molar-refractivity contribution in [2.75, 3.05) is 0 Å². The molecular formula is C13H11ClO2S. The van der Waals surface area contributed by atoms with Gasteiger partial charge in [-0.15, -0.1) is 11.8 Å². The van der Waals surface area contributed by atoms with Crippen LogP contribution in [-0.4, -0.2) is 5.78 Å². The van der Waals surface area contributed by atoms with E-state index in [0.29, 0.717) is 10.6 Å². The molecule has 2 rings (SSSR count). The standard InChI is InChI=1S/C13H11ClO2S/c1-9(15)10-4-5-13(12(14)7-10)17-8-11-3-2-6-16-11/h2-7H,8H2,1H3. The van der Waals surface area contributed by atoms with Crippen LogP contribution in [0.5, 0.6) is 0 Å². The van der Waals surface area contributed by atoms with E-state index in [-0.39, 0.29) is 5.78 Å². The Bertz CT molecular complexity index is 520. The predicted octanol–water partition coefficient (Wildman–Crippen LogP) is 4.43. The molecule has 1 aromatic carbocycles. The Balaban J connectivity index is 2.09. The third-order valence-corrected chi connectivity index (χ3v) is 3.81. The largest absolute Gasteiger partial charge is 0.468 e. The molecule has 0 aliphatic carbocycles. The molecule has 0 atom stereocenters. The smallest absolute Gasteiger partial charge is 0.159 e. The monoisotopic (exact) mass is 266 g/mol. The highest BCUT2D eigenvalue weighted by molar-refractivity contribution is 7.98. The number of benzene rings is 1. The molecule has 2 aromatic rings. The molecule has 0 saturated carbocycles. The molecule has 17 heavy (non-hydrogen) atoms. The van der Waals surface area contributed by atoms with Gasteiger partial charge in [0.15, 0.2) is 5.78 Å². The molecule has 0 bridgehead atoms. The second kappa shape index (κ2) is 5.43. The summed E-state index contributed by atoms with van der Waals surface area (Å²) in [5, 5.41) is 0.606. The van der Waals surface area contributed by atoms with Crippen LogP contribution in [0.2, 0.25) is 5.02 Å². The van der Waals surface area contributed by atoms with Gasteiger partial charge in [-0.3, -0.25) is 4.79 Å². The SMILES string of the molecule is CC(=O)c1ccc(SCc2ccco2)c(Cl)c1. The highest BCUT2D eigenvalue weighted by Crippen LogP contribution is 2.30. The fourth-order valence-corrected chi connectivity index (χ4v) is 2.55. The first kappa shape index (κ1) is 12.3. The molecule has 0 aliphatic heterocycles. The van der Waals surface area contributed by atoms with Gasteiger partial charge in [0.1, 0.15) is 5.76 Å². The van der Waals surface area contributed by atoms with E-state index >= 15 is 0 Å². The van der Waals surface area contributed by atoms with E-state index in [1.807, 2.05) is 18.2 Å². The van der Waals surface area contributed by atoms with Crippen LogP contribution in [-0.2, 0) is 5.75 Å². The first-order valence-electron chi connectivity index (χ1n) is 5.12. The quantitative estimate of drug-likeness (QED) is 0.606. The predicted molar refractivity (Wildman–Crippen MR) is 69.7 cm³/mol. The third-order valence-electron chi connectivity index (χ3n) is 2.29. The molecule has 0 unspecified atom stereocenters. The molecule has 0 fully saturated rings. The molecular weight excluding hydrogens is 256 g/mol. The number of halogens is 1. The Kier molecular flexibility index (Phi) is 3.92. The van der Waals surface area contributed by atoms with E-state index in [9.17, 15) is 4.79 Å².